The van der Waals surface area contributed by atoms with Crippen LogP contribution in [-0.4, -0.2) is 86.6 Å². The van der Waals surface area contributed by atoms with Gasteiger partial charge in [0.2, 0.25) is 0 Å². The molecule has 0 aromatic heterocycles. The molecule has 2 bridgehead atoms. The first kappa shape index (κ1) is 38.7. The van der Waals surface area contributed by atoms with Crippen molar-refractivity contribution >= 4 is 10.1 Å². The summed E-state index contributed by atoms with van der Waals surface area (Å²) in [5, 5.41) is 13.8. The molecule has 1 N–H and O–H groups in total. The normalized spacial score (nSPS) is 29.9. The van der Waals surface area contributed by atoms with E-state index in [-0.39, 0.29) is 46.2 Å². The average molecular weight is 761 g/mol. The van der Waals surface area contributed by atoms with Crippen molar-refractivity contribution < 1.29 is 50.9 Å². The Bertz CT molecular complexity index is 1930. The van der Waals surface area contributed by atoms with Gasteiger partial charge in [0.1, 0.15) is 18.8 Å². The van der Waals surface area contributed by atoms with E-state index >= 15 is 0 Å². The van der Waals surface area contributed by atoms with Crippen molar-refractivity contribution in [2.75, 3.05) is 32.7 Å². The Morgan fingerprint density at radius 3 is 1.69 bits per heavy atom. The monoisotopic (exact) mass is 760 g/mol. The molecule has 3 saturated heterocycles. The molecule has 11 nitrogen and oxygen atoms in total. The molecule has 3 aliphatic rings. The van der Waals surface area contributed by atoms with Crippen molar-refractivity contribution in [3.8, 4) is 0 Å². The van der Waals surface area contributed by atoms with E-state index in [9.17, 15) is 13.5 Å². The summed E-state index contributed by atoms with van der Waals surface area (Å²) in [6, 6.07) is 38.2. The summed E-state index contributed by atoms with van der Waals surface area (Å²) in [7, 11) is -4.08. The van der Waals surface area contributed by atoms with Crippen LogP contribution in [0.25, 0.3) is 0 Å². The molecule has 12 heteroatoms. The molecular formula is C42H48O11S. The van der Waals surface area contributed by atoms with Gasteiger partial charge in [0.15, 0.2) is 28.2 Å². The molecule has 7 rings (SSSR count). The molecule has 0 unspecified atom stereocenters. The first-order chi connectivity index (χ1) is 25.9. The van der Waals surface area contributed by atoms with E-state index in [4.69, 9.17) is 37.3 Å². The van der Waals surface area contributed by atoms with Crippen LogP contribution < -0.4 is 0 Å². The fourth-order valence-electron chi connectivity index (χ4n) is 7.99. The third-order valence-corrected chi connectivity index (χ3v) is 11.1. The highest BCUT2D eigenvalue weighted by molar-refractivity contribution is 7.86. The zero-order valence-electron chi connectivity index (χ0n) is 30.8. The molecule has 6 atom stereocenters. The van der Waals surface area contributed by atoms with Gasteiger partial charge in [-0.25, -0.2) is 0 Å². The molecule has 1 spiro atoms. The quantitative estimate of drug-likeness (QED) is 0.140. The van der Waals surface area contributed by atoms with Crippen molar-refractivity contribution in [3.63, 3.8) is 0 Å². The molecule has 4 aromatic carbocycles. The van der Waals surface area contributed by atoms with E-state index in [1.807, 2.05) is 121 Å². The van der Waals surface area contributed by atoms with Crippen molar-refractivity contribution in [1.82, 2.24) is 0 Å². The summed E-state index contributed by atoms with van der Waals surface area (Å²) in [6.07, 6.45) is -1.11. The van der Waals surface area contributed by atoms with Gasteiger partial charge in [-0.2, -0.15) is 8.42 Å². The van der Waals surface area contributed by atoms with Gasteiger partial charge in [-0.15, -0.1) is 0 Å². The summed E-state index contributed by atoms with van der Waals surface area (Å²) < 4.78 is 78.3. The molecular weight excluding hydrogens is 713 g/mol. The lowest BCUT2D eigenvalue weighted by atomic mass is 9.58. The van der Waals surface area contributed by atoms with Crippen LogP contribution in [0.1, 0.15) is 36.1 Å². The third-order valence-electron chi connectivity index (χ3n) is 10.6. The molecule has 0 aliphatic carbocycles. The van der Waals surface area contributed by atoms with E-state index in [1.54, 1.807) is 13.8 Å². The fourth-order valence-corrected chi connectivity index (χ4v) is 8.38. The van der Waals surface area contributed by atoms with Crippen molar-refractivity contribution in [3.05, 3.63) is 144 Å². The Hall–Kier alpha value is -3.53. The molecule has 0 amide bonds. The zero-order chi connectivity index (χ0) is 37.9. The smallest absolute Gasteiger partial charge is 0.264 e. The highest BCUT2D eigenvalue weighted by atomic mass is 32.2. The molecule has 4 aromatic rings. The Kier molecular flexibility index (Phi) is 11.1. The first-order valence-corrected chi connectivity index (χ1v) is 19.9. The number of hydrogen-bond acceptors (Lipinski definition) is 11. The van der Waals surface area contributed by atoms with Crippen LogP contribution in [0.4, 0.5) is 0 Å². The fraction of sp³-hybridized carbons (Fsp3) is 0.429. The molecule has 3 aliphatic heterocycles. The van der Waals surface area contributed by atoms with E-state index in [0.29, 0.717) is 0 Å². The Balaban J connectivity index is 1.39. The summed E-state index contributed by atoms with van der Waals surface area (Å²) in [4.78, 5) is 0. The van der Waals surface area contributed by atoms with E-state index in [1.165, 1.54) is 0 Å². The second kappa shape index (κ2) is 15.5. The van der Waals surface area contributed by atoms with Gasteiger partial charge in [-0.1, -0.05) is 121 Å². The second-order valence-corrected chi connectivity index (χ2v) is 16.4. The Labute approximate surface area is 317 Å². The topological polar surface area (TPSA) is 128 Å². The summed E-state index contributed by atoms with van der Waals surface area (Å²) >= 11 is 0. The largest absolute Gasteiger partial charge is 0.381 e. The lowest BCUT2D eigenvalue weighted by Crippen LogP contribution is -2.84. The maximum atomic E-state index is 13.8. The molecule has 288 valence electrons. The van der Waals surface area contributed by atoms with Gasteiger partial charge in [0.25, 0.3) is 10.1 Å². The van der Waals surface area contributed by atoms with Crippen LogP contribution in [0.15, 0.2) is 121 Å². The van der Waals surface area contributed by atoms with E-state index in [0.717, 1.165) is 28.5 Å². The van der Waals surface area contributed by atoms with Gasteiger partial charge >= 0.3 is 0 Å². The van der Waals surface area contributed by atoms with Gasteiger partial charge in [0.05, 0.1) is 52.5 Å². The zero-order valence-corrected chi connectivity index (χ0v) is 31.6. The van der Waals surface area contributed by atoms with Crippen LogP contribution in [0.5, 0.6) is 0 Å². The molecule has 54 heavy (non-hydrogen) atoms. The number of fused-ring (bicyclic) bond motifs is 1. The minimum Gasteiger partial charge on any atom is -0.381 e. The lowest BCUT2D eigenvalue weighted by Gasteiger charge is -2.60. The summed E-state index contributed by atoms with van der Waals surface area (Å²) in [6.45, 7) is 2.60. The number of ether oxygens (including phenoxy) is 7. The van der Waals surface area contributed by atoms with Crippen LogP contribution in [0, 0.1) is 0 Å². The van der Waals surface area contributed by atoms with Crippen LogP contribution in [-0.2, 0) is 73.9 Å². The van der Waals surface area contributed by atoms with Crippen molar-refractivity contribution in [2.45, 2.75) is 80.7 Å². The van der Waals surface area contributed by atoms with Gasteiger partial charge in [-0.05, 0) is 36.1 Å². The number of aliphatic hydroxyl groups is 1. The Morgan fingerprint density at radius 1 is 0.685 bits per heavy atom. The predicted molar refractivity (Wildman–Crippen MR) is 198 cm³/mol. The van der Waals surface area contributed by atoms with Crippen LogP contribution in [0.3, 0.4) is 0 Å². The summed E-state index contributed by atoms with van der Waals surface area (Å²) in [5.74, 6) is -1.12. The molecule has 3 fully saturated rings. The highest BCUT2D eigenvalue weighted by Gasteiger charge is 2.91. The maximum Gasteiger partial charge on any atom is 0.264 e. The highest BCUT2D eigenvalue weighted by Crippen LogP contribution is 2.67. The second-order valence-electron chi connectivity index (χ2n) is 14.7. The third kappa shape index (κ3) is 7.40. The standard InChI is InChI=1S/C42H48O11S/c1-38(2)50-28-40-37(52-38)36(48-26-34-20-12-6-13-21-34)39(53-40,29-51-54(3,44)45)41(43,30-46-24-32-16-8-4-9-17-32)42(40,49-27-35-22-14-7-15-23-35)31-47-25-33-18-10-5-11-19-33/h4-23,36-37,43H,24-31H2,1-3H3/t36-,37-,39+,40-,41+,42-/m1/s1. The van der Waals surface area contributed by atoms with Crippen LogP contribution in [0.2, 0.25) is 0 Å². The molecule has 0 saturated carbocycles. The summed E-state index contributed by atoms with van der Waals surface area (Å²) in [5.41, 5.74) is -4.16. The lowest BCUT2D eigenvalue weighted by molar-refractivity contribution is -0.379. The van der Waals surface area contributed by atoms with Crippen LogP contribution >= 0.6 is 0 Å². The molecule has 0 radical (unpaired) electrons. The molecule has 3 heterocycles. The average Bonchev–Trinajstić information content (AvgIpc) is 3.54. The maximum absolute atomic E-state index is 13.8. The van der Waals surface area contributed by atoms with E-state index in [2.05, 4.69) is 0 Å². The minimum absolute atomic E-state index is 0.0241. The predicted octanol–water partition coefficient (Wildman–Crippen LogP) is 5.34. The SMILES string of the molecule is CC1(C)OC[C@@]23O[C@@](COS(C)(=O)=O)([C@H](OCc4ccccc4)[C@H]2O1)[C@@](O)(COCc1ccccc1)[C@]3(COCc1ccccc1)OCc1ccccc1. The van der Waals surface area contributed by atoms with Gasteiger partial charge in [0, 0.05) is 0 Å². The van der Waals surface area contributed by atoms with Crippen molar-refractivity contribution in [1.29, 1.82) is 0 Å². The van der Waals surface area contributed by atoms with Crippen molar-refractivity contribution in [2.24, 2.45) is 0 Å². The Morgan fingerprint density at radius 2 is 1.17 bits per heavy atom. The first-order valence-electron chi connectivity index (χ1n) is 18.1. The number of rotatable bonds is 17. The number of hydrogen-bond donors (Lipinski definition) is 1. The van der Waals surface area contributed by atoms with Gasteiger partial charge < -0.3 is 38.3 Å². The minimum atomic E-state index is -4.08. The number of benzene rings is 4. The van der Waals surface area contributed by atoms with Gasteiger partial charge in [-0.3, -0.25) is 4.18 Å². The van der Waals surface area contributed by atoms with E-state index < -0.39 is 57.1 Å².